The molecular weight excluding hydrogens is 413 g/mol. The van der Waals surface area contributed by atoms with Crippen molar-refractivity contribution in [1.82, 2.24) is 0 Å². The van der Waals surface area contributed by atoms with E-state index in [0.717, 1.165) is 30.5 Å². The minimum atomic E-state index is -4.48. The summed E-state index contributed by atoms with van der Waals surface area (Å²) in [7, 11) is -3.90. The highest BCUT2D eigenvalue weighted by atomic mass is 32.2. The van der Waals surface area contributed by atoms with Crippen molar-refractivity contribution >= 4 is 21.4 Å². The van der Waals surface area contributed by atoms with Crippen LogP contribution in [-0.2, 0) is 21.6 Å². The van der Waals surface area contributed by atoms with Crippen molar-refractivity contribution in [2.75, 3.05) is 22.3 Å². The number of anilines is 2. The third kappa shape index (κ3) is 3.55. The van der Waals surface area contributed by atoms with E-state index < -0.39 is 21.8 Å². The lowest BCUT2D eigenvalue weighted by atomic mass is 9.87. The molecule has 1 fully saturated rings. The molecule has 2 aliphatic rings. The molecule has 162 valence electrons. The molecule has 0 saturated carbocycles. The van der Waals surface area contributed by atoms with Crippen molar-refractivity contribution in [2.24, 2.45) is 0 Å². The Labute approximate surface area is 175 Å². The number of fused-ring (bicyclic) bond motifs is 3. The van der Waals surface area contributed by atoms with Gasteiger partial charge >= 0.3 is 6.18 Å². The molecule has 0 aliphatic carbocycles. The zero-order chi connectivity index (χ0) is 21.9. The SMILES string of the molecule is CC(C)(C)c1ccc(S(=O)(=O)N2CC3CCCN3c3cc(C(F)(F)F)ccc32)cc1. The highest BCUT2D eigenvalue weighted by molar-refractivity contribution is 7.92. The number of alkyl halides is 3. The van der Waals surface area contributed by atoms with E-state index in [-0.39, 0.29) is 22.9 Å². The molecule has 1 saturated heterocycles. The lowest BCUT2D eigenvalue weighted by Gasteiger charge is -2.40. The van der Waals surface area contributed by atoms with Gasteiger partial charge in [0.25, 0.3) is 10.0 Å². The molecule has 0 N–H and O–H groups in total. The largest absolute Gasteiger partial charge is 0.416 e. The molecule has 2 aromatic rings. The highest BCUT2D eigenvalue weighted by Gasteiger charge is 2.41. The molecule has 1 atom stereocenters. The summed E-state index contributed by atoms with van der Waals surface area (Å²) in [6.45, 7) is 7.01. The quantitative estimate of drug-likeness (QED) is 0.649. The molecule has 0 aromatic heterocycles. The van der Waals surface area contributed by atoms with Gasteiger partial charge in [0.05, 0.1) is 28.4 Å². The van der Waals surface area contributed by atoms with Crippen molar-refractivity contribution < 1.29 is 21.6 Å². The highest BCUT2D eigenvalue weighted by Crippen LogP contribution is 2.44. The van der Waals surface area contributed by atoms with Crippen molar-refractivity contribution in [3.63, 3.8) is 0 Å². The fraction of sp³-hybridized carbons (Fsp3) is 0.455. The van der Waals surface area contributed by atoms with Gasteiger partial charge in [-0.05, 0) is 54.2 Å². The van der Waals surface area contributed by atoms with Crippen molar-refractivity contribution in [3.05, 3.63) is 53.6 Å². The fourth-order valence-corrected chi connectivity index (χ4v) is 5.77. The number of sulfonamides is 1. The summed E-state index contributed by atoms with van der Waals surface area (Å²) in [5.74, 6) is 0. The van der Waals surface area contributed by atoms with Crippen LogP contribution in [0.3, 0.4) is 0 Å². The maximum atomic E-state index is 13.5. The van der Waals surface area contributed by atoms with E-state index in [1.54, 1.807) is 24.3 Å². The van der Waals surface area contributed by atoms with Gasteiger partial charge in [-0.1, -0.05) is 32.9 Å². The molecule has 2 aromatic carbocycles. The molecule has 8 heteroatoms. The van der Waals surface area contributed by atoms with Gasteiger partial charge in [-0.2, -0.15) is 13.2 Å². The second-order valence-corrected chi connectivity index (χ2v) is 10.9. The first-order chi connectivity index (χ1) is 13.9. The first-order valence-corrected chi connectivity index (χ1v) is 11.4. The Kier molecular flexibility index (Phi) is 4.84. The summed E-state index contributed by atoms with van der Waals surface area (Å²) >= 11 is 0. The molecule has 4 rings (SSSR count). The van der Waals surface area contributed by atoms with Crippen LogP contribution in [0, 0.1) is 0 Å². The second kappa shape index (κ2) is 6.90. The molecule has 1 unspecified atom stereocenters. The first kappa shape index (κ1) is 21.0. The predicted octanol–water partition coefficient (Wildman–Crippen LogP) is 5.18. The summed E-state index contributed by atoms with van der Waals surface area (Å²) in [5.41, 5.74) is 0.783. The van der Waals surface area contributed by atoms with Gasteiger partial charge in [-0.3, -0.25) is 4.31 Å². The summed E-state index contributed by atoms with van der Waals surface area (Å²) in [4.78, 5) is 2.06. The standard InChI is InChI=1S/C22H25F3N2O2S/c1-21(2,3)15-6-9-18(10-7-15)30(28,29)27-14-17-5-4-12-26(17)20-13-16(22(23,24)25)8-11-19(20)27/h6-11,13,17H,4-5,12,14H2,1-3H3. The monoisotopic (exact) mass is 438 g/mol. The van der Waals surface area contributed by atoms with E-state index in [1.165, 1.54) is 10.4 Å². The van der Waals surface area contributed by atoms with Crippen LogP contribution in [0.1, 0.15) is 44.7 Å². The Balaban J connectivity index is 1.79. The Morgan fingerprint density at radius 2 is 1.57 bits per heavy atom. The average Bonchev–Trinajstić information content (AvgIpc) is 3.14. The molecule has 0 bridgehead atoms. The molecule has 2 heterocycles. The molecule has 30 heavy (non-hydrogen) atoms. The van der Waals surface area contributed by atoms with Gasteiger partial charge in [0, 0.05) is 12.6 Å². The molecule has 0 radical (unpaired) electrons. The molecular formula is C22H25F3N2O2S. The maximum absolute atomic E-state index is 13.5. The van der Waals surface area contributed by atoms with E-state index in [1.807, 2.05) is 25.7 Å². The maximum Gasteiger partial charge on any atom is 0.416 e. The predicted molar refractivity (Wildman–Crippen MR) is 111 cm³/mol. The van der Waals surface area contributed by atoms with Crippen LogP contribution in [0.4, 0.5) is 24.5 Å². The van der Waals surface area contributed by atoms with Gasteiger partial charge in [0.1, 0.15) is 0 Å². The topological polar surface area (TPSA) is 40.6 Å². The van der Waals surface area contributed by atoms with Gasteiger partial charge < -0.3 is 4.90 Å². The van der Waals surface area contributed by atoms with Crippen LogP contribution in [0.2, 0.25) is 0 Å². The van der Waals surface area contributed by atoms with Gasteiger partial charge in [-0.25, -0.2) is 8.42 Å². The van der Waals surface area contributed by atoms with Crippen LogP contribution in [0.5, 0.6) is 0 Å². The number of halogens is 3. The average molecular weight is 439 g/mol. The van der Waals surface area contributed by atoms with Crippen LogP contribution in [0.15, 0.2) is 47.4 Å². The van der Waals surface area contributed by atoms with Gasteiger partial charge in [0.15, 0.2) is 0 Å². The van der Waals surface area contributed by atoms with Gasteiger partial charge in [-0.15, -0.1) is 0 Å². The number of benzene rings is 2. The molecule has 0 spiro atoms. The zero-order valence-electron chi connectivity index (χ0n) is 17.2. The van der Waals surface area contributed by atoms with E-state index >= 15 is 0 Å². The second-order valence-electron chi connectivity index (χ2n) is 9.00. The minimum Gasteiger partial charge on any atom is -0.365 e. The van der Waals surface area contributed by atoms with Gasteiger partial charge in [0.2, 0.25) is 0 Å². The smallest absolute Gasteiger partial charge is 0.365 e. The minimum absolute atomic E-state index is 0.113. The fourth-order valence-electron chi connectivity index (χ4n) is 4.25. The van der Waals surface area contributed by atoms with Crippen molar-refractivity contribution in [2.45, 2.75) is 56.1 Å². The van der Waals surface area contributed by atoms with E-state index in [9.17, 15) is 21.6 Å². The van der Waals surface area contributed by atoms with Crippen molar-refractivity contribution in [1.29, 1.82) is 0 Å². The zero-order valence-corrected chi connectivity index (χ0v) is 18.0. The Morgan fingerprint density at radius 1 is 0.933 bits per heavy atom. The Hall–Kier alpha value is -2.22. The first-order valence-electron chi connectivity index (χ1n) is 10.0. The molecule has 2 aliphatic heterocycles. The number of hydrogen-bond donors (Lipinski definition) is 0. The lowest BCUT2D eigenvalue weighted by Crippen LogP contribution is -2.48. The number of nitrogens with zero attached hydrogens (tertiary/aromatic N) is 2. The number of hydrogen-bond acceptors (Lipinski definition) is 3. The lowest BCUT2D eigenvalue weighted by molar-refractivity contribution is -0.137. The summed E-state index contributed by atoms with van der Waals surface area (Å²) in [6, 6.07) is 9.97. The molecule has 0 amide bonds. The summed E-state index contributed by atoms with van der Waals surface area (Å²) in [5, 5.41) is 0. The number of rotatable bonds is 2. The summed E-state index contributed by atoms with van der Waals surface area (Å²) in [6.07, 6.45) is -2.90. The van der Waals surface area contributed by atoms with E-state index in [2.05, 4.69) is 0 Å². The van der Waals surface area contributed by atoms with Crippen LogP contribution >= 0.6 is 0 Å². The van der Waals surface area contributed by atoms with E-state index in [4.69, 9.17) is 0 Å². The molecule has 4 nitrogen and oxygen atoms in total. The van der Waals surface area contributed by atoms with Crippen LogP contribution < -0.4 is 9.21 Å². The van der Waals surface area contributed by atoms with Crippen molar-refractivity contribution in [3.8, 4) is 0 Å². The normalized spacial score (nSPS) is 19.6. The Bertz CT molecular complexity index is 1060. The van der Waals surface area contributed by atoms with Crippen LogP contribution in [0.25, 0.3) is 0 Å². The van der Waals surface area contributed by atoms with E-state index in [0.29, 0.717) is 17.9 Å². The third-order valence-corrected chi connectivity index (χ3v) is 7.74. The third-order valence-electron chi connectivity index (χ3n) is 5.94. The summed E-state index contributed by atoms with van der Waals surface area (Å²) < 4.78 is 68.1. The Morgan fingerprint density at radius 3 is 2.17 bits per heavy atom. The van der Waals surface area contributed by atoms with Crippen LogP contribution in [-0.4, -0.2) is 27.5 Å².